The topological polar surface area (TPSA) is 47.7 Å². The van der Waals surface area contributed by atoms with Gasteiger partial charge in [-0.1, -0.05) is 66.2 Å². The molecule has 0 aromatic heterocycles. The standard InChI is InChI=1S/C24H21NO3/c1-16-9-10-19-14-20(12-11-18(19)13-16)22(26)15-21(17-7-5-4-6-8-17)23(25-2)24(27)28-3/h4-14,21,23H,15H2,1,3H3. The molecule has 0 aliphatic rings. The lowest BCUT2D eigenvalue weighted by atomic mass is 9.85. The van der Waals surface area contributed by atoms with Crippen LogP contribution in [0.15, 0.2) is 66.7 Å². The van der Waals surface area contributed by atoms with Crippen LogP contribution in [-0.4, -0.2) is 24.9 Å². The molecule has 0 spiro atoms. The maximum absolute atomic E-state index is 13.0. The van der Waals surface area contributed by atoms with Crippen molar-refractivity contribution >= 4 is 22.5 Å². The number of carbonyl (C=O) groups is 2. The van der Waals surface area contributed by atoms with Crippen molar-refractivity contribution in [3.63, 3.8) is 0 Å². The smallest absolute Gasteiger partial charge is 0.390 e. The second kappa shape index (κ2) is 8.49. The van der Waals surface area contributed by atoms with Crippen LogP contribution in [0, 0.1) is 13.5 Å². The summed E-state index contributed by atoms with van der Waals surface area (Å²) in [6.45, 7) is 9.49. The van der Waals surface area contributed by atoms with Crippen molar-refractivity contribution < 1.29 is 14.3 Å². The van der Waals surface area contributed by atoms with E-state index in [2.05, 4.69) is 10.9 Å². The van der Waals surface area contributed by atoms with Crippen molar-refractivity contribution in [1.29, 1.82) is 0 Å². The van der Waals surface area contributed by atoms with Gasteiger partial charge in [-0.25, -0.2) is 11.4 Å². The van der Waals surface area contributed by atoms with Crippen LogP contribution in [-0.2, 0) is 9.53 Å². The second-order valence-corrected chi connectivity index (χ2v) is 6.81. The summed E-state index contributed by atoms with van der Waals surface area (Å²) in [5.41, 5.74) is 2.51. The molecule has 0 heterocycles. The highest BCUT2D eigenvalue weighted by atomic mass is 16.5. The summed E-state index contributed by atoms with van der Waals surface area (Å²) in [5, 5.41) is 2.06. The number of benzene rings is 3. The lowest BCUT2D eigenvalue weighted by Gasteiger charge is -2.17. The third kappa shape index (κ3) is 4.10. The first-order valence-electron chi connectivity index (χ1n) is 9.06. The minimum Gasteiger partial charge on any atom is -0.463 e. The molecule has 3 aromatic rings. The predicted octanol–water partition coefficient (Wildman–Crippen LogP) is 4.97. The SMILES string of the molecule is [C-]#[N+]C(C(=O)OC)C(CC(=O)c1ccc2cc(C)ccc2c1)c1ccccc1. The monoisotopic (exact) mass is 371 g/mol. The molecule has 0 bridgehead atoms. The molecule has 0 amide bonds. The van der Waals surface area contributed by atoms with Gasteiger partial charge in [0, 0.05) is 12.0 Å². The van der Waals surface area contributed by atoms with E-state index in [-0.39, 0.29) is 12.2 Å². The Morgan fingerprint density at radius 1 is 1.00 bits per heavy atom. The number of nitrogens with zero attached hydrogens (tertiary/aromatic N) is 1. The minimum absolute atomic E-state index is 0.0591. The number of Topliss-reactive ketones (excluding diaryl/α,β-unsaturated/α-hetero) is 1. The summed E-state index contributed by atoms with van der Waals surface area (Å²) in [4.78, 5) is 28.6. The van der Waals surface area contributed by atoms with Gasteiger partial charge >= 0.3 is 12.0 Å². The second-order valence-electron chi connectivity index (χ2n) is 6.81. The molecule has 0 fully saturated rings. The number of hydrogen-bond donors (Lipinski definition) is 0. The highest BCUT2D eigenvalue weighted by molar-refractivity contribution is 6.00. The number of esters is 1. The number of fused-ring (bicyclic) bond motifs is 1. The van der Waals surface area contributed by atoms with E-state index in [1.54, 1.807) is 6.07 Å². The summed E-state index contributed by atoms with van der Waals surface area (Å²) < 4.78 is 4.80. The molecule has 3 rings (SSSR count). The fraction of sp³-hybridized carbons (Fsp3) is 0.208. The minimum atomic E-state index is -1.06. The van der Waals surface area contributed by atoms with E-state index in [4.69, 9.17) is 11.3 Å². The Balaban J connectivity index is 1.94. The number of aryl methyl sites for hydroxylation is 1. The number of ketones is 1. The maximum Gasteiger partial charge on any atom is 0.390 e. The highest BCUT2D eigenvalue weighted by Crippen LogP contribution is 2.29. The molecule has 28 heavy (non-hydrogen) atoms. The van der Waals surface area contributed by atoms with Crippen LogP contribution in [0.5, 0.6) is 0 Å². The Kier molecular flexibility index (Phi) is 5.86. The van der Waals surface area contributed by atoms with E-state index < -0.39 is 17.9 Å². The Morgan fingerprint density at radius 3 is 2.36 bits per heavy atom. The van der Waals surface area contributed by atoms with Gasteiger partial charge in [0.05, 0.1) is 13.0 Å². The molecule has 4 nitrogen and oxygen atoms in total. The van der Waals surface area contributed by atoms with Crippen molar-refractivity contribution in [2.75, 3.05) is 7.11 Å². The van der Waals surface area contributed by atoms with Crippen LogP contribution in [0.2, 0.25) is 0 Å². The first-order chi connectivity index (χ1) is 13.5. The molecule has 0 radical (unpaired) electrons. The third-order valence-electron chi connectivity index (χ3n) is 4.91. The lowest BCUT2D eigenvalue weighted by molar-refractivity contribution is -0.141. The molecule has 140 valence electrons. The molecule has 2 atom stereocenters. The third-order valence-corrected chi connectivity index (χ3v) is 4.91. The zero-order chi connectivity index (χ0) is 20.1. The largest absolute Gasteiger partial charge is 0.463 e. The number of ether oxygens (including phenoxy) is 1. The van der Waals surface area contributed by atoms with Gasteiger partial charge in [-0.15, -0.1) is 0 Å². The normalized spacial score (nSPS) is 12.8. The number of carbonyl (C=O) groups excluding carboxylic acids is 2. The quantitative estimate of drug-likeness (QED) is 0.349. The van der Waals surface area contributed by atoms with Gasteiger partial charge in [0.2, 0.25) is 0 Å². The fourth-order valence-electron chi connectivity index (χ4n) is 3.40. The zero-order valence-corrected chi connectivity index (χ0v) is 15.9. The van der Waals surface area contributed by atoms with Gasteiger partial charge in [-0.05, 0) is 29.3 Å². The van der Waals surface area contributed by atoms with E-state index >= 15 is 0 Å². The van der Waals surface area contributed by atoms with Crippen LogP contribution in [0.1, 0.15) is 33.8 Å². The van der Waals surface area contributed by atoms with Crippen LogP contribution >= 0.6 is 0 Å². The van der Waals surface area contributed by atoms with Gasteiger partial charge in [0.1, 0.15) is 0 Å². The molecule has 0 N–H and O–H groups in total. The fourth-order valence-corrected chi connectivity index (χ4v) is 3.40. The number of methoxy groups -OCH3 is 1. The van der Waals surface area contributed by atoms with Crippen molar-refractivity contribution in [3.05, 3.63) is 94.8 Å². The summed E-state index contributed by atoms with van der Waals surface area (Å²) in [6.07, 6.45) is 0.0591. The summed E-state index contributed by atoms with van der Waals surface area (Å²) in [5.74, 6) is -1.29. The molecular weight excluding hydrogens is 350 g/mol. The van der Waals surface area contributed by atoms with Crippen LogP contribution in [0.3, 0.4) is 0 Å². The van der Waals surface area contributed by atoms with Gasteiger partial charge in [-0.3, -0.25) is 4.79 Å². The molecule has 0 aliphatic carbocycles. The molecule has 3 aromatic carbocycles. The lowest BCUT2D eigenvalue weighted by Crippen LogP contribution is -2.28. The summed E-state index contributed by atoms with van der Waals surface area (Å²) in [6, 6.07) is 19.8. The van der Waals surface area contributed by atoms with Crippen molar-refractivity contribution in [3.8, 4) is 0 Å². The Bertz CT molecular complexity index is 1050. The average Bonchev–Trinajstić information content (AvgIpc) is 2.73. The average molecular weight is 371 g/mol. The van der Waals surface area contributed by atoms with Crippen LogP contribution in [0.4, 0.5) is 0 Å². The van der Waals surface area contributed by atoms with Crippen molar-refractivity contribution in [2.24, 2.45) is 0 Å². The molecule has 0 aliphatic heterocycles. The van der Waals surface area contributed by atoms with E-state index in [0.717, 1.165) is 21.9 Å². The first kappa shape index (κ1) is 19.3. The first-order valence-corrected chi connectivity index (χ1v) is 9.06. The Morgan fingerprint density at radius 2 is 1.68 bits per heavy atom. The predicted molar refractivity (Wildman–Crippen MR) is 109 cm³/mol. The van der Waals surface area contributed by atoms with E-state index in [9.17, 15) is 9.59 Å². The van der Waals surface area contributed by atoms with E-state index in [0.29, 0.717) is 5.56 Å². The molecule has 0 saturated heterocycles. The highest BCUT2D eigenvalue weighted by Gasteiger charge is 2.37. The van der Waals surface area contributed by atoms with Gasteiger partial charge in [-0.2, -0.15) is 0 Å². The van der Waals surface area contributed by atoms with Crippen LogP contribution in [0.25, 0.3) is 15.6 Å². The van der Waals surface area contributed by atoms with E-state index in [1.807, 2.05) is 61.5 Å². The van der Waals surface area contributed by atoms with Crippen LogP contribution < -0.4 is 0 Å². The Hall–Kier alpha value is -3.45. The van der Waals surface area contributed by atoms with Gasteiger partial charge < -0.3 is 9.58 Å². The Labute approximate surface area is 164 Å². The molecule has 4 heteroatoms. The van der Waals surface area contributed by atoms with Crippen molar-refractivity contribution in [2.45, 2.75) is 25.3 Å². The molecule has 0 saturated carbocycles. The number of hydrogen-bond acceptors (Lipinski definition) is 3. The van der Waals surface area contributed by atoms with Crippen molar-refractivity contribution in [1.82, 2.24) is 0 Å². The number of rotatable bonds is 6. The molecule has 2 unspecified atom stereocenters. The maximum atomic E-state index is 13.0. The zero-order valence-electron chi connectivity index (χ0n) is 15.9. The summed E-state index contributed by atoms with van der Waals surface area (Å²) >= 11 is 0. The van der Waals surface area contributed by atoms with Gasteiger partial charge in [0.25, 0.3) is 0 Å². The van der Waals surface area contributed by atoms with E-state index in [1.165, 1.54) is 7.11 Å². The molecular formula is C24H21NO3. The van der Waals surface area contributed by atoms with Gasteiger partial charge in [0.15, 0.2) is 5.78 Å². The summed E-state index contributed by atoms with van der Waals surface area (Å²) in [7, 11) is 1.26.